The number of thioether (sulfide) groups is 1. The molecule has 3 aromatic rings. The number of hydrogen-bond acceptors (Lipinski definition) is 4. The van der Waals surface area contributed by atoms with Crippen LogP contribution in [0.3, 0.4) is 0 Å². The monoisotopic (exact) mass is 466 g/mol. The molecular weight excluding hydrogens is 440 g/mol. The smallest absolute Gasteiger partial charge is 0.261 e. The Labute approximate surface area is 193 Å². The number of sulfonamides is 1. The van der Waals surface area contributed by atoms with Gasteiger partial charge in [-0.05, 0) is 55.3 Å². The molecule has 0 unspecified atom stereocenters. The summed E-state index contributed by atoms with van der Waals surface area (Å²) in [5.41, 5.74) is 2.65. The Morgan fingerprint density at radius 2 is 1.59 bits per heavy atom. The predicted molar refractivity (Wildman–Crippen MR) is 131 cm³/mol. The minimum absolute atomic E-state index is 0.0820. The van der Waals surface area contributed by atoms with E-state index >= 15 is 0 Å². The highest BCUT2D eigenvalue weighted by atomic mass is 32.2. The number of para-hydroxylation sites is 1. The van der Waals surface area contributed by atoms with E-state index in [1.165, 1.54) is 17.8 Å². The molecule has 1 amide bonds. The lowest BCUT2D eigenvalue weighted by molar-refractivity contribution is 0.0720. The van der Waals surface area contributed by atoms with E-state index in [-0.39, 0.29) is 10.8 Å². The lowest BCUT2D eigenvalue weighted by Gasteiger charge is -2.27. The topological polar surface area (TPSA) is 66.5 Å². The Balaban J connectivity index is 1.67. The van der Waals surface area contributed by atoms with Crippen LogP contribution in [0.2, 0.25) is 0 Å². The molecule has 0 atom stereocenters. The largest absolute Gasteiger partial charge is 0.339 e. The number of amides is 1. The second-order valence-corrected chi connectivity index (χ2v) is 10.3. The zero-order valence-corrected chi connectivity index (χ0v) is 19.6. The summed E-state index contributed by atoms with van der Waals surface area (Å²) in [6.07, 6.45) is 4.98. The molecule has 4 rings (SSSR count). The van der Waals surface area contributed by atoms with Gasteiger partial charge in [0.2, 0.25) is 0 Å². The number of rotatable bonds is 6. The molecule has 1 saturated heterocycles. The Morgan fingerprint density at radius 3 is 2.31 bits per heavy atom. The molecule has 1 aliphatic rings. The molecule has 166 valence electrons. The van der Waals surface area contributed by atoms with Crippen LogP contribution in [0, 0.1) is 0 Å². The Bertz CT molecular complexity index is 1200. The molecule has 0 aromatic heterocycles. The number of carbonyl (C=O) groups is 1. The van der Waals surface area contributed by atoms with Gasteiger partial charge < -0.3 is 4.90 Å². The van der Waals surface area contributed by atoms with E-state index in [0.717, 1.165) is 35.3 Å². The van der Waals surface area contributed by atoms with Gasteiger partial charge in [0.15, 0.2) is 0 Å². The lowest BCUT2D eigenvalue weighted by atomic mass is 10.0. The highest BCUT2D eigenvalue weighted by Gasteiger charge is 2.24. The number of benzene rings is 3. The van der Waals surface area contributed by atoms with E-state index in [0.29, 0.717) is 24.3 Å². The Morgan fingerprint density at radius 1 is 0.906 bits per heavy atom. The van der Waals surface area contributed by atoms with Crippen molar-refractivity contribution in [3.05, 3.63) is 78.4 Å². The van der Waals surface area contributed by atoms with Crippen LogP contribution in [0.5, 0.6) is 0 Å². The molecule has 0 aliphatic carbocycles. The average Bonchev–Trinajstić information content (AvgIpc) is 2.84. The molecule has 7 heteroatoms. The highest BCUT2D eigenvalue weighted by molar-refractivity contribution is 7.98. The van der Waals surface area contributed by atoms with Gasteiger partial charge in [0.25, 0.3) is 15.9 Å². The van der Waals surface area contributed by atoms with Gasteiger partial charge >= 0.3 is 0 Å². The summed E-state index contributed by atoms with van der Waals surface area (Å²) >= 11 is 1.45. The van der Waals surface area contributed by atoms with Crippen molar-refractivity contribution in [2.45, 2.75) is 29.1 Å². The predicted octanol–water partition coefficient (Wildman–Crippen LogP) is 5.50. The zero-order valence-electron chi connectivity index (χ0n) is 18.0. The third kappa shape index (κ3) is 4.84. The summed E-state index contributed by atoms with van der Waals surface area (Å²) in [6, 6.07) is 21.7. The molecular formula is C25H26N2O3S2. The summed E-state index contributed by atoms with van der Waals surface area (Å²) in [4.78, 5) is 15.8. The van der Waals surface area contributed by atoms with Crippen LogP contribution in [0.15, 0.2) is 82.6 Å². The second kappa shape index (κ2) is 9.79. The van der Waals surface area contributed by atoms with Gasteiger partial charge in [-0.2, -0.15) is 0 Å². The van der Waals surface area contributed by atoms with Crippen molar-refractivity contribution in [1.82, 2.24) is 4.90 Å². The number of carbonyl (C=O) groups excluding carboxylic acids is 1. The fourth-order valence-corrected chi connectivity index (χ4v) is 5.61. The molecule has 3 aromatic carbocycles. The van der Waals surface area contributed by atoms with Gasteiger partial charge in [0.1, 0.15) is 0 Å². The first-order valence-electron chi connectivity index (χ1n) is 10.6. The van der Waals surface area contributed by atoms with E-state index in [9.17, 15) is 13.2 Å². The minimum Gasteiger partial charge on any atom is -0.339 e. The highest BCUT2D eigenvalue weighted by Crippen LogP contribution is 2.31. The van der Waals surface area contributed by atoms with Crippen molar-refractivity contribution in [1.29, 1.82) is 0 Å². The van der Waals surface area contributed by atoms with Crippen LogP contribution in [0.1, 0.15) is 29.6 Å². The average molecular weight is 467 g/mol. The van der Waals surface area contributed by atoms with Crippen molar-refractivity contribution >= 4 is 33.4 Å². The second-order valence-electron chi connectivity index (χ2n) is 7.73. The van der Waals surface area contributed by atoms with Crippen LogP contribution in [0.25, 0.3) is 11.1 Å². The lowest BCUT2D eigenvalue weighted by Crippen LogP contribution is -2.36. The zero-order chi connectivity index (χ0) is 22.6. The van der Waals surface area contributed by atoms with Crippen LogP contribution in [-0.4, -0.2) is 38.6 Å². The molecule has 1 aliphatic heterocycles. The van der Waals surface area contributed by atoms with Gasteiger partial charge in [-0.3, -0.25) is 9.52 Å². The maximum Gasteiger partial charge on any atom is 0.261 e. The van der Waals surface area contributed by atoms with Crippen LogP contribution >= 0.6 is 11.8 Å². The van der Waals surface area contributed by atoms with E-state index in [1.54, 1.807) is 24.3 Å². The van der Waals surface area contributed by atoms with Gasteiger partial charge in [0, 0.05) is 23.5 Å². The molecule has 0 spiro atoms. The molecule has 1 N–H and O–H groups in total. The maximum absolute atomic E-state index is 13.3. The third-order valence-corrected chi connectivity index (χ3v) is 7.77. The number of anilines is 1. The standard InChI is InChI=1S/C25H26N2O3S2/c1-31-24-15-14-20(18-22(24)25(28)27-16-8-3-9-17-27)32(29,30)26-23-13-7-6-12-21(23)19-10-4-2-5-11-19/h2,4-7,10-15,18,26H,3,8-9,16-17H2,1H3. The number of nitrogens with one attached hydrogen (secondary N) is 1. The first-order valence-corrected chi connectivity index (χ1v) is 13.3. The van der Waals surface area contributed by atoms with E-state index in [1.807, 2.05) is 53.6 Å². The van der Waals surface area contributed by atoms with Gasteiger partial charge in [-0.1, -0.05) is 48.5 Å². The molecule has 0 saturated carbocycles. The van der Waals surface area contributed by atoms with Crippen molar-refractivity contribution in [3.63, 3.8) is 0 Å². The summed E-state index contributed by atoms with van der Waals surface area (Å²) in [5.74, 6) is -0.101. The maximum atomic E-state index is 13.3. The molecule has 1 fully saturated rings. The first kappa shape index (κ1) is 22.4. The Kier molecular flexibility index (Phi) is 6.86. The number of likely N-dealkylation sites (tertiary alicyclic amines) is 1. The fraction of sp³-hybridized carbons (Fsp3) is 0.240. The quantitative estimate of drug-likeness (QED) is 0.487. The summed E-state index contributed by atoms with van der Waals surface area (Å²) in [6.45, 7) is 1.43. The van der Waals surface area contributed by atoms with Crippen LogP contribution in [-0.2, 0) is 10.0 Å². The molecule has 0 bridgehead atoms. The van der Waals surface area contributed by atoms with Crippen LogP contribution < -0.4 is 4.72 Å². The first-order chi connectivity index (χ1) is 15.5. The number of hydrogen-bond donors (Lipinski definition) is 1. The fourth-order valence-electron chi connectivity index (χ4n) is 3.93. The molecule has 5 nitrogen and oxygen atoms in total. The van der Waals surface area contributed by atoms with E-state index in [2.05, 4.69) is 4.72 Å². The van der Waals surface area contributed by atoms with Gasteiger partial charge in [-0.15, -0.1) is 11.8 Å². The van der Waals surface area contributed by atoms with Gasteiger partial charge in [-0.25, -0.2) is 8.42 Å². The number of nitrogens with zero attached hydrogens (tertiary/aromatic N) is 1. The minimum atomic E-state index is -3.89. The van der Waals surface area contributed by atoms with E-state index in [4.69, 9.17) is 0 Å². The molecule has 0 radical (unpaired) electrons. The van der Waals surface area contributed by atoms with Crippen molar-refractivity contribution < 1.29 is 13.2 Å². The van der Waals surface area contributed by atoms with Crippen LogP contribution in [0.4, 0.5) is 5.69 Å². The Hall–Kier alpha value is -2.77. The van der Waals surface area contributed by atoms with Gasteiger partial charge in [0.05, 0.1) is 16.1 Å². The SMILES string of the molecule is CSc1ccc(S(=O)(=O)Nc2ccccc2-c2ccccc2)cc1C(=O)N1CCCCC1. The third-order valence-electron chi connectivity index (χ3n) is 5.61. The van der Waals surface area contributed by atoms with Crippen molar-refractivity contribution in [3.8, 4) is 11.1 Å². The van der Waals surface area contributed by atoms with Crippen molar-refractivity contribution in [2.75, 3.05) is 24.1 Å². The van der Waals surface area contributed by atoms with Crippen molar-refractivity contribution in [2.24, 2.45) is 0 Å². The summed E-state index contributed by atoms with van der Waals surface area (Å²) in [5, 5.41) is 0. The molecule has 32 heavy (non-hydrogen) atoms. The number of piperidine rings is 1. The summed E-state index contributed by atoms with van der Waals surface area (Å²) in [7, 11) is -3.89. The normalized spacial score (nSPS) is 14.2. The summed E-state index contributed by atoms with van der Waals surface area (Å²) < 4.78 is 29.3. The van der Waals surface area contributed by atoms with E-state index < -0.39 is 10.0 Å². The molecule has 1 heterocycles.